The molecule has 1 aromatic carbocycles. The number of hydrogen-bond donors (Lipinski definition) is 1. The van der Waals surface area contributed by atoms with E-state index in [9.17, 15) is 4.79 Å². The van der Waals surface area contributed by atoms with Crippen LogP contribution in [-0.2, 0) is 11.2 Å². The zero-order valence-corrected chi connectivity index (χ0v) is 15.7. The average Bonchev–Trinajstić information content (AvgIpc) is 3.09. The zero-order chi connectivity index (χ0) is 18.6. The summed E-state index contributed by atoms with van der Waals surface area (Å²) < 4.78 is 10.7. The van der Waals surface area contributed by atoms with Gasteiger partial charge in [-0.05, 0) is 49.3 Å². The predicted octanol–water partition coefficient (Wildman–Crippen LogP) is 4.57. The third-order valence-corrected chi connectivity index (χ3v) is 3.88. The maximum absolute atomic E-state index is 11.5. The van der Waals surface area contributed by atoms with Gasteiger partial charge in [-0.2, -0.15) is 0 Å². The Hall–Kier alpha value is -2.49. The lowest BCUT2D eigenvalue weighted by molar-refractivity contribution is -0.116. The van der Waals surface area contributed by atoms with E-state index in [0.29, 0.717) is 19.3 Å². The molecule has 1 amide bonds. The van der Waals surface area contributed by atoms with Crippen LogP contribution in [0.5, 0.6) is 11.5 Å². The molecule has 4 nitrogen and oxygen atoms in total. The summed E-state index contributed by atoms with van der Waals surface area (Å²) in [7, 11) is 0. The van der Waals surface area contributed by atoms with Crippen molar-refractivity contribution in [3.8, 4) is 11.5 Å². The van der Waals surface area contributed by atoms with E-state index in [0.717, 1.165) is 37.2 Å². The van der Waals surface area contributed by atoms with Crippen molar-refractivity contribution in [3.63, 3.8) is 0 Å². The average molecular weight is 355 g/mol. The lowest BCUT2D eigenvalue weighted by Gasteiger charge is -2.03. The maximum atomic E-state index is 11.5. The van der Waals surface area contributed by atoms with Crippen molar-refractivity contribution in [2.24, 2.45) is 5.92 Å². The van der Waals surface area contributed by atoms with Gasteiger partial charge in [0.15, 0.2) is 11.5 Å². The highest BCUT2D eigenvalue weighted by Gasteiger charge is 2.12. The summed E-state index contributed by atoms with van der Waals surface area (Å²) in [5.41, 5.74) is 1.23. The summed E-state index contributed by atoms with van der Waals surface area (Å²) >= 11 is 0. The number of hydrogen-bond acceptors (Lipinski definition) is 3. The minimum Gasteiger partial charge on any atom is -0.454 e. The first-order chi connectivity index (χ1) is 12.6. The number of allylic oxidation sites excluding steroid dienone is 5. The highest BCUT2D eigenvalue weighted by Crippen LogP contribution is 2.32. The van der Waals surface area contributed by atoms with Crippen molar-refractivity contribution >= 4 is 5.91 Å². The van der Waals surface area contributed by atoms with Crippen LogP contribution in [0, 0.1) is 5.92 Å². The second kappa shape index (κ2) is 11.2. The number of carbonyl (C=O) groups excluding carboxylic acids is 1. The Kier molecular flexibility index (Phi) is 8.53. The smallest absolute Gasteiger partial charge is 0.243 e. The van der Waals surface area contributed by atoms with E-state index in [1.165, 1.54) is 5.56 Å². The van der Waals surface area contributed by atoms with Gasteiger partial charge in [-0.3, -0.25) is 4.79 Å². The van der Waals surface area contributed by atoms with Gasteiger partial charge in [0.05, 0.1) is 0 Å². The summed E-state index contributed by atoms with van der Waals surface area (Å²) in [6, 6.07) is 6.08. The Balaban J connectivity index is 1.54. The molecule has 0 radical (unpaired) electrons. The lowest BCUT2D eigenvalue weighted by Crippen LogP contribution is -2.25. The topological polar surface area (TPSA) is 47.6 Å². The standard InChI is InChI=1S/C22H29NO3/c1-18(2)16-23-22(24)12-10-8-6-4-3-5-7-9-11-19-13-14-20-21(15-19)26-17-25-20/h6-10,12-15,18H,3-5,11,16-17H2,1-2H3,(H,23,24)/b8-6+,9-7+,12-10+. The second-order valence-corrected chi connectivity index (χ2v) is 6.72. The molecule has 4 heteroatoms. The van der Waals surface area contributed by atoms with Gasteiger partial charge in [0.2, 0.25) is 12.7 Å². The first-order valence-corrected chi connectivity index (χ1v) is 9.29. The Morgan fingerprint density at radius 1 is 1.12 bits per heavy atom. The molecule has 1 aliphatic heterocycles. The number of carbonyl (C=O) groups is 1. The van der Waals surface area contributed by atoms with E-state index < -0.39 is 0 Å². The minimum absolute atomic E-state index is 0.0326. The van der Waals surface area contributed by atoms with Crippen LogP contribution in [0.1, 0.15) is 38.7 Å². The van der Waals surface area contributed by atoms with Crippen molar-refractivity contribution in [1.82, 2.24) is 5.32 Å². The summed E-state index contributed by atoms with van der Waals surface area (Å²) in [4.78, 5) is 11.5. The highest BCUT2D eigenvalue weighted by molar-refractivity contribution is 5.87. The number of unbranched alkanes of at least 4 members (excludes halogenated alkanes) is 2. The van der Waals surface area contributed by atoms with E-state index in [1.54, 1.807) is 12.2 Å². The molecule has 0 bridgehead atoms. The molecule has 0 aromatic heterocycles. The van der Waals surface area contributed by atoms with Crippen molar-refractivity contribution in [2.75, 3.05) is 13.3 Å². The molecule has 1 N–H and O–H groups in total. The Morgan fingerprint density at radius 2 is 1.92 bits per heavy atom. The zero-order valence-electron chi connectivity index (χ0n) is 15.7. The number of ether oxygens (including phenoxy) is 2. The molecule has 1 aliphatic rings. The van der Waals surface area contributed by atoms with Gasteiger partial charge in [-0.1, -0.05) is 50.3 Å². The number of fused-ring (bicyclic) bond motifs is 1. The van der Waals surface area contributed by atoms with Gasteiger partial charge in [-0.15, -0.1) is 0 Å². The molecule has 1 aromatic rings. The number of amides is 1. The molecule has 2 rings (SSSR count). The quantitative estimate of drug-likeness (QED) is 0.289. The largest absolute Gasteiger partial charge is 0.454 e. The van der Waals surface area contributed by atoms with Gasteiger partial charge < -0.3 is 14.8 Å². The molecule has 0 spiro atoms. The molecular formula is C22H29NO3. The summed E-state index contributed by atoms with van der Waals surface area (Å²) in [5.74, 6) is 2.11. The van der Waals surface area contributed by atoms with E-state index >= 15 is 0 Å². The van der Waals surface area contributed by atoms with Crippen molar-refractivity contribution in [3.05, 3.63) is 60.2 Å². The molecule has 1 heterocycles. The molecule has 26 heavy (non-hydrogen) atoms. The summed E-state index contributed by atoms with van der Waals surface area (Å²) in [6.45, 7) is 5.19. The molecule has 0 saturated carbocycles. The fourth-order valence-electron chi connectivity index (χ4n) is 2.44. The third kappa shape index (κ3) is 7.60. The van der Waals surface area contributed by atoms with Crippen LogP contribution < -0.4 is 14.8 Å². The van der Waals surface area contributed by atoms with E-state index in [-0.39, 0.29) is 5.91 Å². The van der Waals surface area contributed by atoms with Crippen LogP contribution in [-0.4, -0.2) is 19.2 Å². The molecule has 0 fully saturated rings. The van der Waals surface area contributed by atoms with Gasteiger partial charge in [0, 0.05) is 12.6 Å². The van der Waals surface area contributed by atoms with Crippen molar-refractivity contribution < 1.29 is 14.3 Å². The van der Waals surface area contributed by atoms with E-state index in [2.05, 4.69) is 43.5 Å². The fraction of sp³-hybridized carbons (Fsp3) is 0.409. The molecular weight excluding hydrogens is 326 g/mol. The van der Waals surface area contributed by atoms with Crippen LogP contribution in [0.25, 0.3) is 0 Å². The number of rotatable bonds is 10. The first kappa shape index (κ1) is 19.8. The minimum atomic E-state index is -0.0326. The third-order valence-electron chi connectivity index (χ3n) is 3.88. The summed E-state index contributed by atoms with van der Waals surface area (Å²) in [5, 5.41) is 2.85. The van der Waals surface area contributed by atoms with Gasteiger partial charge >= 0.3 is 0 Å². The number of benzene rings is 1. The van der Waals surface area contributed by atoms with Crippen molar-refractivity contribution in [1.29, 1.82) is 0 Å². The predicted molar refractivity (Wildman–Crippen MR) is 105 cm³/mol. The van der Waals surface area contributed by atoms with Gasteiger partial charge in [-0.25, -0.2) is 0 Å². The molecule has 140 valence electrons. The van der Waals surface area contributed by atoms with Gasteiger partial charge in [0.1, 0.15) is 0 Å². The highest BCUT2D eigenvalue weighted by atomic mass is 16.7. The number of nitrogens with one attached hydrogen (secondary N) is 1. The molecule has 0 aliphatic carbocycles. The van der Waals surface area contributed by atoms with E-state index in [4.69, 9.17) is 9.47 Å². The van der Waals surface area contributed by atoms with E-state index in [1.807, 2.05) is 18.2 Å². The maximum Gasteiger partial charge on any atom is 0.243 e. The monoisotopic (exact) mass is 355 g/mol. The Bertz CT molecular complexity index is 659. The molecule has 0 saturated heterocycles. The lowest BCUT2D eigenvalue weighted by atomic mass is 10.1. The Morgan fingerprint density at radius 3 is 2.77 bits per heavy atom. The van der Waals surface area contributed by atoms with Crippen molar-refractivity contribution in [2.45, 2.75) is 39.5 Å². The van der Waals surface area contributed by atoms with Crippen LogP contribution in [0.3, 0.4) is 0 Å². The van der Waals surface area contributed by atoms with Crippen LogP contribution >= 0.6 is 0 Å². The normalized spacial score (nSPS) is 13.5. The van der Waals surface area contributed by atoms with Crippen LogP contribution in [0.2, 0.25) is 0 Å². The SMILES string of the molecule is CC(C)CNC(=O)/C=C/C=C/CCC/C=C/Cc1ccc2c(c1)OCO2. The van der Waals surface area contributed by atoms with Gasteiger partial charge in [0.25, 0.3) is 0 Å². The molecule has 0 atom stereocenters. The van der Waals surface area contributed by atoms with Crippen LogP contribution in [0.4, 0.5) is 0 Å². The molecule has 0 unspecified atom stereocenters. The second-order valence-electron chi connectivity index (χ2n) is 6.72. The van der Waals surface area contributed by atoms with Crippen LogP contribution in [0.15, 0.2) is 54.7 Å². The first-order valence-electron chi connectivity index (χ1n) is 9.29. The Labute approximate surface area is 156 Å². The summed E-state index contributed by atoms with van der Waals surface area (Å²) in [6.07, 6.45) is 15.9. The fourth-order valence-corrected chi connectivity index (χ4v) is 2.44.